The molecule has 0 fully saturated rings. The fourth-order valence-electron chi connectivity index (χ4n) is 12.5. The minimum Gasteiger partial charge on any atom is -0.497 e. The van der Waals surface area contributed by atoms with E-state index in [1.165, 1.54) is 5.39 Å². The van der Waals surface area contributed by atoms with Crippen molar-refractivity contribution in [1.29, 1.82) is 5.26 Å². The van der Waals surface area contributed by atoms with Crippen LogP contribution in [0.4, 0.5) is 0 Å². The van der Waals surface area contributed by atoms with E-state index >= 15 is 0 Å². The molecule has 0 atom stereocenters. The van der Waals surface area contributed by atoms with E-state index in [9.17, 15) is 5.26 Å². The maximum Gasteiger partial charge on any atom is 0.223 e. The fourth-order valence-corrected chi connectivity index (χ4v) is 12.9. The van der Waals surface area contributed by atoms with Crippen LogP contribution in [0.5, 0.6) is 40.2 Å². The highest BCUT2D eigenvalue weighted by molar-refractivity contribution is 6.35. The number of hydrogen-bond acceptors (Lipinski definition) is 16. The fraction of sp³-hybridized carbons (Fsp3) is 0.104. The van der Waals surface area contributed by atoms with Gasteiger partial charge in [0.25, 0.3) is 0 Å². The first-order valence-corrected chi connectivity index (χ1v) is 36.4. The molecular weight excluding hydrogens is 1460 g/mol. The van der Waals surface area contributed by atoms with Crippen LogP contribution >= 0.6 is 23.2 Å². The Hall–Kier alpha value is -14.0. The summed E-state index contributed by atoms with van der Waals surface area (Å²) in [6, 6.07) is 79.9. The van der Waals surface area contributed by atoms with Crippen LogP contribution in [0.15, 0.2) is 276 Å². The number of rotatable bonds is 17. The topological polar surface area (TPSA) is 199 Å². The molecule has 114 heavy (non-hydrogen) atoms. The second-order valence-electron chi connectivity index (χ2n) is 25.4. The SMILES string of the molecule is C=C(c1cc(OC)c(OC)c(OC)c1)c1nc(Cl)nc2ccccc12.C=C(c1ccc(OC)c(C#CCO)c1)c1nc(C)nc2ccccc12.C=C(c1ccc(OC)cc1)c1cc(C#N)nc2ccccc12.C=C(c1ccc(OC)cc1)c1cc(Cl)c2ccccc2n1.C=C(c1ccc(OC)cc1)c1nc(C)cc2ccccc12. The van der Waals surface area contributed by atoms with E-state index in [2.05, 4.69) is 104 Å². The number of pyridine rings is 3. The molecular formula is C96H80Cl2N8O8. The first-order chi connectivity index (χ1) is 55.3. The third-order valence-electron chi connectivity index (χ3n) is 18.3. The van der Waals surface area contributed by atoms with Gasteiger partial charge in [0.05, 0.1) is 105 Å². The number of benzene rings is 10. The smallest absolute Gasteiger partial charge is 0.223 e. The number of ether oxygens (including phenoxy) is 7. The summed E-state index contributed by atoms with van der Waals surface area (Å²) in [6.45, 7) is 24.7. The van der Waals surface area contributed by atoms with Gasteiger partial charge in [0, 0.05) is 54.9 Å². The third-order valence-corrected chi connectivity index (χ3v) is 18.8. The molecule has 0 saturated heterocycles. The standard InChI is InChI=1S/C21H18N2O2.C19H17ClN2O3.C19H14N2O.C19H17NO.C18H14ClNO/c1-14(16-10-11-20(25-3)17(13-16)7-6-12-24)21-18-8-4-5-9-19(18)22-15(2)23-21;1-11(12-9-15(23-2)18(25-4)16(10-12)24-3)17-13-7-5-6-8-14(13)21-19(20)22-17;1-13(14-7-9-16(22-2)10-8-14)18-11-15(12-20)21-19-6-4-3-5-17(18)19;1-13-12-16-6-4-5-7-18(16)19(20-13)14(2)15-8-10-17(21-3)11-9-15;1-12(13-7-9-14(21-2)10-8-13)18-11-16(19)15-5-3-4-6-17(15)20-18/h4-5,8-11,13,24H,1,12H2,2-3H3;5-10H,1H2,2-4H3;3-11H,1H2,2H3;4-12H,2H2,1,3H3;3-11H,1H2,2H3. The lowest BCUT2D eigenvalue weighted by Crippen LogP contribution is -1.99. The Morgan fingerprint density at radius 1 is 0.386 bits per heavy atom. The van der Waals surface area contributed by atoms with Gasteiger partial charge in [0.1, 0.15) is 47.2 Å². The molecule has 0 radical (unpaired) electrons. The number of aliphatic hydroxyl groups is 1. The number of aromatic nitrogens is 7. The van der Waals surface area contributed by atoms with Gasteiger partial charge in [-0.3, -0.25) is 4.98 Å². The number of para-hydroxylation sites is 4. The highest BCUT2D eigenvalue weighted by Crippen LogP contribution is 2.42. The van der Waals surface area contributed by atoms with Crippen LogP contribution in [-0.4, -0.2) is 96.4 Å². The zero-order valence-electron chi connectivity index (χ0n) is 64.5. The highest BCUT2D eigenvalue weighted by Gasteiger charge is 2.20. The van der Waals surface area contributed by atoms with Gasteiger partial charge in [0.2, 0.25) is 11.0 Å². The molecule has 0 aliphatic carbocycles. The predicted molar refractivity (Wildman–Crippen MR) is 461 cm³/mol. The van der Waals surface area contributed by atoms with Crippen LogP contribution in [-0.2, 0) is 0 Å². The van der Waals surface area contributed by atoms with Crippen LogP contribution in [0, 0.1) is 37.0 Å². The molecule has 15 rings (SSSR count). The number of fused-ring (bicyclic) bond motifs is 5. The van der Waals surface area contributed by atoms with Crippen molar-refractivity contribution in [3.05, 3.63) is 365 Å². The Labute approximate surface area is 672 Å². The Morgan fingerprint density at radius 2 is 0.833 bits per heavy atom. The van der Waals surface area contributed by atoms with Gasteiger partial charge in [-0.25, -0.2) is 29.9 Å². The quantitative estimate of drug-likeness (QED) is 0.0666. The first-order valence-electron chi connectivity index (χ1n) is 35.7. The molecule has 0 spiro atoms. The van der Waals surface area contributed by atoms with Crippen molar-refractivity contribution < 1.29 is 38.3 Å². The van der Waals surface area contributed by atoms with Crippen molar-refractivity contribution in [2.75, 3.05) is 56.4 Å². The predicted octanol–water partition coefficient (Wildman–Crippen LogP) is 21.5. The molecule has 566 valence electrons. The molecule has 0 bridgehead atoms. The summed E-state index contributed by atoms with van der Waals surface area (Å²) in [6.07, 6.45) is 0. The molecule has 16 nitrogen and oxygen atoms in total. The normalized spacial score (nSPS) is 10.4. The summed E-state index contributed by atoms with van der Waals surface area (Å²) in [4.78, 5) is 31.4. The number of methoxy groups -OCH3 is 7. The molecule has 0 aliphatic rings. The van der Waals surface area contributed by atoms with E-state index in [1.807, 2.05) is 232 Å². The van der Waals surface area contributed by atoms with E-state index in [0.717, 1.165) is 145 Å². The largest absolute Gasteiger partial charge is 0.497 e. The first kappa shape index (κ1) is 81.0. The Balaban J connectivity index is 0.000000141. The molecule has 10 aromatic carbocycles. The molecule has 18 heteroatoms. The highest BCUT2D eigenvalue weighted by atomic mass is 35.5. The second kappa shape index (κ2) is 38.1. The van der Waals surface area contributed by atoms with Crippen molar-refractivity contribution in [2.24, 2.45) is 0 Å². The summed E-state index contributed by atoms with van der Waals surface area (Å²) in [5.41, 5.74) is 18.3. The van der Waals surface area contributed by atoms with E-state index in [4.69, 9.17) is 61.5 Å². The number of aliphatic hydroxyl groups excluding tert-OH is 1. The van der Waals surface area contributed by atoms with Crippen molar-refractivity contribution in [2.45, 2.75) is 13.8 Å². The zero-order valence-corrected chi connectivity index (χ0v) is 66.0. The van der Waals surface area contributed by atoms with Gasteiger partial charge in [-0.2, -0.15) is 5.26 Å². The molecule has 1 N–H and O–H groups in total. The van der Waals surface area contributed by atoms with Crippen molar-refractivity contribution in [1.82, 2.24) is 34.9 Å². The summed E-state index contributed by atoms with van der Waals surface area (Å²) in [5.74, 6) is 11.0. The van der Waals surface area contributed by atoms with Crippen molar-refractivity contribution in [3.8, 4) is 58.2 Å². The molecule has 0 aliphatic heterocycles. The van der Waals surface area contributed by atoms with Gasteiger partial charge in [-0.15, -0.1) is 0 Å². The van der Waals surface area contributed by atoms with Crippen LogP contribution in [0.2, 0.25) is 10.3 Å². The number of aryl methyl sites for hydroxylation is 2. The van der Waals surface area contributed by atoms with Gasteiger partial charge in [-0.1, -0.05) is 196 Å². The van der Waals surface area contributed by atoms with Gasteiger partial charge in [0.15, 0.2) is 11.5 Å². The number of nitrogens with zero attached hydrogens (tertiary/aromatic N) is 8. The molecule has 0 unspecified atom stereocenters. The zero-order chi connectivity index (χ0) is 81.0. The third kappa shape index (κ3) is 19.1. The van der Waals surface area contributed by atoms with Crippen LogP contribution < -0.4 is 33.2 Å². The van der Waals surface area contributed by atoms with Crippen molar-refractivity contribution >= 4 is 105 Å². The Morgan fingerprint density at radius 3 is 1.37 bits per heavy atom. The number of halogens is 2. The monoisotopic (exact) mass is 1540 g/mol. The molecule has 5 aromatic heterocycles. The van der Waals surface area contributed by atoms with Crippen molar-refractivity contribution in [3.63, 3.8) is 0 Å². The average molecular weight is 1540 g/mol. The molecule has 5 heterocycles. The van der Waals surface area contributed by atoms with Crippen LogP contribution in [0.3, 0.4) is 0 Å². The minimum absolute atomic E-state index is 0.169. The lowest BCUT2D eigenvalue weighted by Gasteiger charge is -2.15. The summed E-state index contributed by atoms with van der Waals surface area (Å²) in [7, 11) is 11.2. The number of hydrogen-bond donors (Lipinski definition) is 1. The van der Waals surface area contributed by atoms with Crippen LogP contribution in [0.25, 0.3) is 82.2 Å². The summed E-state index contributed by atoms with van der Waals surface area (Å²) in [5, 5.41) is 25.1. The van der Waals surface area contributed by atoms with E-state index in [0.29, 0.717) is 56.4 Å². The minimum atomic E-state index is -0.204. The maximum absolute atomic E-state index is 9.18. The lowest BCUT2D eigenvalue weighted by molar-refractivity contribution is 0.324. The lowest BCUT2D eigenvalue weighted by atomic mass is 9.95. The summed E-state index contributed by atoms with van der Waals surface area (Å²) < 4.78 is 37.1. The molecule has 0 saturated carbocycles. The maximum atomic E-state index is 9.18. The molecule has 0 amide bonds. The average Bonchev–Trinajstić information content (AvgIpc) is 0.796. The van der Waals surface area contributed by atoms with Gasteiger partial charge < -0.3 is 38.3 Å². The molecule has 15 aromatic rings. The van der Waals surface area contributed by atoms with E-state index < -0.39 is 0 Å². The summed E-state index contributed by atoms with van der Waals surface area (Å²) >= 11 is 12.4. The van der Waals surface area contributed by atoms with Crippen LogP contribution in [0.1, 0.15) is 78.9 Å². The number of nitriles is 1. The van der Waals surface area contributed by atoms with Gasteiger partial charge in [-0.05, 0) is 173 Å². The van der Waals surface area contributed by atoms with E-state index in [-0.39, 0.29) is 11.9 Å². The van der Waals surface area contributed by atoms with E-state index in [1.54, 1.807) is 55.8 Å². The Bertz CT molecular complexity index is 6200. The Kier molecular flexibility index (Phi) is 27.1. The second-order valence-corrected chi connectivity index (χ2v) is 26.1. The van der Waals surface area contributed by atoms with Gasteiger partial charge >= 0.3 is 0 Å².